The smallest absolute Gasteiger partial charge is 0.313 e. The monoisotopic (exact) mass is 447 g/mol. The number of methoxy groups -OCH3 is 2. The first-order valence-electron chi connectivity index (χ1n) is 10.2. The number of carbonyl (C=O) groups is 3. The molecule has 33 heavy (non-hydrogen) atoms. The number of benzene rings is 3. The minimum Gasteiger partial charge on any atom is -0.496 e. The molecule has 0 aliphatic heterocycles. The van der Waals surface area contributed by atoms with Gasteiger partial charge in [0.2, 0.25) is 0 Å². The fourth-order valence-electron chi connectivity index (χ4n) is 3.19. The van der Waals surface area contributed by atoms with Crippen LogP contribution in [0.2, 0.25) is 0 Å². The molecule has 0 aliphatic carbocycles. The molecule has 8 heteroatoms. The molecular weight excluding hydrogens is 422 g/mol. The number of hydrogen-bond donors (Lipinski definition) is 3. The molecule has 3 N–H and O–H groups in total. The average molecular weight is 447 g/mol. The molecular formula is C25H25N3O5. The molecule has 0 atom stereocenters. The highest BCUT2D eigenvalue weighted by atomic mass is 16.5. The van der Waals surface area contributed by atoms with Gasteiger partial charge in [-0.25, -0.2) is 0 Å². The van der Waals surface area contributed by atoms with Crippen LogP contribution < -0.4 is 25.4 Å². The highest BCUT2D eigenvalue weighted by Crippen LogP contribution is 2.19. The van der Waals surface area contributed by atoms with Gasteiger partial charge in [0.15, 0.2) is 0 Å². The summed E-state index contributed by atoms with van der Waals surface area (Å²) in [6.07, 6.45) is 0. The van der Waals surface area contributed by atoms with Gasteiger partial charge in [-0.15, -0.1) is 0 Å². The number of anilines is 1. The van der Waals surface area contributed by atoms with E-state index in [9.17, 15) is 14.4 Å². The predicted octanol–water partition coefficient (Wildman–Crippen LogP) is 2.89. The Morgan fingerprint density at radius 2 is 1.18 bits per heavy atom. The summed E-state index contributed by atoms with van der Waals surface area (Å²) in [6.45, 7) is 0.363. The third-order valence-electron chi connectivity index (χ3n) is 4.89. The second-order valence-electron chi connectivity index (χ2n) is 6.99. The molecule has 3 aromatic rings. The number of para-hydroxylation sites is 3. The van der Waals surface area contributed by atoms with E-state index in [4.69, 9.17) is 9.47 Å². The van der Waals surface area contributed by atoms with Crippen LogP contribution in [0.1, 0.15) is 21.5 Å². The lowest BCUT2D eigenvalue weighted by molar-refractivity contribution is -0.136. The van der Waals surface area contributed by atoms with Crippen LogP contribution in [0, 0.1) is 0 Å². The van der Waals surface area contributed by atoms with Crippen LogP contribution >= 0.6 is 0 Å². The van der Waals surface area contributed by atoms with Gasteiger partial charge in [0.1, 0.15) is 11.5 Å². The third kappa shape index (κ3) is 6.10. The fourth-order valence-corrected chi connectivity index (χ4v) is 3.19. The molecule has 3 aromatic carbocycles. The van der Waals surface area contributed by atoms with Crippen molar-refractivity contribution in [3.63, 3.8) is 0 Å². The average Bonchev–Trinajstić information content (AvgIpc) is 2.86. The van der Waals surface area contributed by atoms with Gasteiger partial charge < -0.3 is 25.4 Å². The minimum atomic E-state index is -0.880. The molecule has 0 radical (unpaired) electrons. The molecule has 0 fully saturated rings. The van der Waals surface area contributed by atoms with Gasteiger partial charge in [-0.3, -0.25) is 14.4 Å². The summed E-state index contributed by atoms with van der Waals surface area (Å²) in [5, 5.41) is 7.87. The first-order valence-corrected chi connectivity index (χ1v) is 10.2. The molecule has 3 rings (SSSR count). The van der Waals surface area contributed by atoms with E-state index in [0.29, 0.717) is 11.5 Å². The molecule has 0 unspecified atom stereocenters. The molecule has 0 heterocycles. The summed E-state index contributed by atoms with van der Waals surface area (Å²) in [5.41, 5.74) is 2.01. The van der Waals surface area contributed by atoms with E-state index in [2.05, 4.69) is 16.0 Å². The first kappa shape index (κ1) is 23.3. The summed E-state index contributed by atoms with van der Waals surface area (Å²) in [4.78, 5) is 37.5. The predicted molar refractivity (Wildman–Crippen MR) is 124 cm³/mol. The Hall–Kier alpha value is -4.33. The van der Waals surface area contributed by atoms with Crippen LogP contribution in [0.15, 0.2) is 72.8 Å². The zero-order chi connectivity index (χ0) is 23.6. The number of amides is 3. The summed E-state index contributed by atoms with van der Waals surface area (Å²) in [5.74, 6) is -0.840. The molecule has 170 valence electrons. The van der Waals surface area contributed by atoms with Crippen LogP contribution in [-0.2, 0) is 22.7 Å². The van der Waals surface area contributed by atoms with E-state index in [1.807, 2.05) is 30.3 Å². The van der Waals surface area contributed by atoms with Crippen LogP contribution in [0.3, 0.4) is 0 Å². The van der Waals surface area contributed by atoms with Crippen molar-refractivity contribution in [1.29, 1.82) is 0 Å². The van der Waals surface area contributed by atoms with Crippen molar-refractivity contribution in [2.75, 3.05) is 19.5 Å². The maximum Gasteiger partial charge on any atom is 0.313 e. The van der Waals surface area contributed by atoms with Gasteiger partial charge in [-0.2, -0.15) is 0 Å². The van der Waals surface area contributed by atoms with Crippen LogP contribution in [0.5, 0.6) is 11.5 Å². The standard InChI is InChI=1S/C25H25N3O5/c1-32-21-13-7-3-9-17(21)15-26-23(29)19-11-5-6-12-20(19)28-25(31)24(30)27-16-18-10-4-8-14-22(18)33-2/h3-14H,15-16H2,1-2H3,(H,26,29)(H,27,30)(H,28,31). The SMILES string of the molecule is COc1ccccc1CNC(=O)C(=O)Nc1ccccc1C(=O)NCc1ccccc1OC. The van der Waals surface area contributed by atoms with Crippen molar-refractivity contribution >= 4 is 23.4 Å². The number of carbonyl (C=O) groups excluding carboxylic acids is 3. The molecule has 3 amide bonds. The molecule has 0 aliphatic rings. The molecule has 0 saturated heterocycles. The Morgan fingerprint density at radius 3 is 1.79 bits per heavy atom. The normalized spacial score (nSPS) is 10.1. The number of rotatable bonds is 8. The van der Waals surface area contributed by atoms with Crippen molar-refractivity contribution in [2.24, 2.45) is 0 Å². The lowest BCUT2D eigenvalue weighted by Crippen LogP contribution is -2.35. The van der Waals surface area contributed by atoms with E-state index in [1.54, 1.807) is 49.6 Å². The van der Waals surface area contributed by atoms with E-state index in [1.165, 1.54) is 7.11 Å². The van der Waals surface area contributed by atoms with Crippen LogP contribution in [0.4, 0.5) is 5.69 Å². The van der Waals surface area contributed by atoms with E-state index >= 15 is 0 Å². The zero-order valence-electron chi connectivity index (χ0n) is 18.4. The molecule has 0 bridgehead atoms. The third-order valence-corrected chi connectivity index (χ3v) is 4.89. The maximum absolute atomic E-state index is 12.8. The second kappa shape index (κ2) is 11.3. The van der Waals surface area contributed by atoms with Crippen LogP contribution in [-0.4, -0.2) is 31.9 Å². The lowest BCUT2D eigenvalue weighted by atomic mass is 10.1. The minimum absolute atomic E-state index is 0.122. The highest BCUT2D eigenvalue weighted by molar-refractivity contribution is 6.40. The Morgan fingerprint density at radius 1 is 0.667 bits per heavy atom. The van der Waals surface area contributed by atoms with Crippen LogP contribution in [0.25, 0.3) is 0 Å². The van der Waals surface area contributed by atoms with Crippen molar-refractivity contribution in [3.8, 4) is 11.5 Å². The number of hydrogen-bond acceptors (Lipinski definition) is 5. The van der Waals surface area contributed by atoms with Gasteiger partial charge in [-0.1, -0.05) is 48.5 Å². The fraction of sp³-hybridized carbons (Fsp3) is 0.160. The molecule has 0 aromatic heterocycles. The largest absolute Gasteiger partial charge is 0.496 e. The highest BCUT2D eigenvalue weighted by Gasteiger charge is 2.18. The van der Waals surface area contributed by atoms with Gasteiger partial charge in [0.25, 0.3) is 5.91 Å². The van der Waals surface area contributed by atoms with E-state index < -0.39 is 17.7 Å². The number of ether oxygens (including phenoxy) is 2. The van der Waals surface area contributed by atoms with Crippen molar-refractivity contribution in [2.45, 2.75) is 13.1 Å². The maximum atomic E-state index is 12.8. The summed E-state index contributed by atoms with van der Waals surface area (Å²) < 4.78 is 10.5. The summed E-state index contributed by atoms with van der Waals surface area (Å²) >= 11 is 0. The molecule has 0 saturated carbocycles. The van der Waals surface area contributed by atoms with Gasteiger partial charge in [0, 0.05) is 24.2 Å². The van der Waals surface area contributed by atoms with Gasteiger partial charge >= 0.3 is 11.8 Å². The Balaban J connectivity index is 1.62. The lowest BCUT2D eigenvalue weighted by Gasteiger charge is -2.13. The van der Waals surface area contributed by atoms with Crippen molar-refractivity contribution < 1.29 is 23.9 Å². The zero-order valence-corrected chi connectivity index (χ0v) is 18.4. The van der Waals surface area contributed by atoms with Crippen molar-refractivity contribution in [3.05, 3.63) is 89.5 Å². The Bertz CT molecular complexity index is 1150. The summed E-state index contributed by atoms with van der Waals surface area (Å²) in [7, 11) is 3.09. The number of nitrogens with one attached hydrogen (secondary N) is 3. The molecule has 0 spiro atoms. The Kier molecular flexibility index (Phi) is 8.02. The van der Waals surface area contributed by atoms with Gasteiger partial charge in [-0.05, 0) is 24.3 Å². The quantitative estimate of drug-likeness (QED) is 0.461. The van der Waals surface area contributed by atoms with E-state index in [-0.39, 0.29) is 24.3 Å². The van der Waals surface area contributed by atoms with Gasteiger partial charge in [0.05, 0.1) is 25.5 Å². The topological polar surface area (TPSA) is 106 Å². The summed E-state index contributed by atoms with van der Waals surface area (Å²) in [6, 6.07) is 21.0. The Labute approximate surface area is 191 Å². The second-order valence-corrected chi connectivity index (χ2v) is 6.99. The molecule has 8 nitrogen and oxygen atoms in total. The first-order chi connectivity index (χ1) is 16.0. The van der Waals surface area contributed by atoms with E-state index in [0.717, 1.165) is 11.1 Å². The van der Waals surface area contributed by atoms with Crippen molar-refractivity contribution in [1.82, 2.24) is 10.6 Å².